The molecule has 8 nitrogen and oxygen atoms in total. The van der Waals surface area contributed by atoms with Crippen LogP contribution in [-0.4, -0.2) is 27.5 Å². The summed E-state index contributed by atoms with van der Waals surface area (Å²) in [6, 6.07) is 9.88. The lowest BCUT2D eigenvalue weighted by Crippen LogP contribution is -2.27. The van der Waals surface area contributed by atoms with Gasteiger partial charge in [-0.15, -0.1) is 11.3 Å². The van der Waals surface area contributed by atoms with Crippen LogP contribution < -0.4 is 5.32 Å². The SMILES string of the molecule is O=C(NCCC(c1nccs1)[N+](=O)[O-])c1cc(-c2ccccc2)on1. The molecule has 0 radical (unpaired) electrons. The van der Waals surface area contributed by atoms with Gasteiger partial charge in [0, 0.05) is 41.1 Å². The number of hydrogen-bond donors (Lipinski definition) is 1. The van der Waals surface area contributed by atoms with E-state index in [1.54, 1.807) is 5.38 Å². The summed E-state index contributed by atoms with van der Waals surface area (Å²) in [7, 11) is 0. The van der Waals surface area contributed by atoms with Crippen LogP contribution in [0.25, 0.3) is 11.3 Å². The summed E-state index contributed by atoms with van der Waals surface area (Å²) in [5.41, 5.74) is 0.942. The lowest BCUT2D eigenvalue weighted by molar-refractivity contribution is -0.529. The van der Waals surface area contributed by atoms with E-state index in [0.717, 1.165) is 5.56 Å². The van der Waals surface area contributed by atoms with Crippen LogP contribution in [0.15, 0.2) is 52.5 Å². The molecule has 0 saturated carbocycles. The van der Waals surface area contributed by atoms with Crippen molar-refractivity contribution in [2.45, 2.75) is 12.5 Å². The van der Waals surface area contributed by atoms with Gasteiger partial charge in [0.2, 0.25) is 0 Å². The van der Waals surface area contributed by atoms with Gasteiger partial charge in [-0.3, -0.25) is 14.9 Å². The predicted molar refractivity (Wildman–Crippen MR) is 90.7 cm³/mol. The summed E-state index contributed by atoms with van der Waals surface area (Å²) in [4.78, 5) is 26.8. The molecule has 0 aliphatic rings. The highest BCUT2D eigenvalue weighted by atomic mass is 32.1. The summed E-state index contributed by atoms with van der Waals surface area (Å²) in [5.74, 6) is 0.0453. The van der Waals surface area contributed by atoms with Crippen LogP contribution >= 0.6 is 11.3 Å². The molecule has 0 spiro atoms. The molecular formula is C16H14N4O4S. The normalized spacial score (nSPS) is 11.8. The molecule has 0 fully saturated rings. The van der Waals surface area contributed by atoms with Crippen LogP contribution in [0, 0.1) is 10.1 Å². The zero-order valence-corrected chi connectivity index (χ0v) is 13.8. The van der Waals surface area contributed by atoms with E-state index in [0.29, 0.717) is 10.8 Å². The molecular weight excluding hydrogens is 344 g/mol. The molecule has 1 amide bonds. The first-order valence-corrected chi connectivity index (χ1v) is 8.36. The molecule has 2 heterocycles. The Kier molecular flexibility index (Phi) is 5.14. The number of hydrogen-bond acceptors (Lipinski definition) is 7. The fourth-order valence-electron chi connectivity index (χ4n) is 2.25. The van der Waals surface area contributed by atoms with E-state index in [2.05, 4.69) is 15.5 Å². The van der Waals surface area contributed by atoms with E-state index in [9.17, 15) is 14.9 Å². The second-order valence-corrected chi connectivity index (χ2v) is 6.08. The highest BCUT2D eigenvalue weighted by Crippen LogP contribution is 2.22. The van der Waals surface area contributed by atoms with Crippen LogP contribution in [-0.2, 0) is 0 Å². The number of rotatable bonds is 7. The van der Waals surface area contributed by atoms with E-state index in [1.807, 2.05) is 30.3 Å². The van der Waals surface area contributed by atoms with Crippen molar-refractivity contribution < 1.29 is 14.2 Å². The van der Waals surface area contributed by atoms with Crippen molar-refractivity contribution in [2.24, 2.45) is 0 Å². The van der Waals surface area contributed by atoms with Gasteiger partial charge in [0.1, 0.15) is 0 Å². The Labute approximate surface area is 146 Å². The molecule has 0 aliphatic heterocycles. The fraction of sp³-hybridized carbons (Fsp3) is 0.188. The topological polar surface area (TPSA) is 111 Å². The third kappa shape index (κ3) is 4.07. The first kappa shape index (κ1) is 16.8. The van der Waals surface area contributed by atoms with Gasteiger partial charge in [-0.05, 0) is 0 Å². The highest BCUT2D eigenvalue weighted by molar-refractivity contribution is 7.09. The van der Waals surface area contributed by atoms with Gasteiger partial charge in [0.15, 0.2) is 16.5 Å². The van der Waals surface area contributed by atoms with Gasteiger partial charge in [0.25, 0.3) is 11.9 Å². The van der Waals surface area contributed by atoms with Crippen LogP contribution in [0.4, 0.5) is 0 Å². The van der Waals surface area contributed by atoms with E-state index >= 15 is 0 Å². The van der Waals surface area contributed by atoms with E-state index in [-0.39, 0.29) is 18.7 Å². The monoisotopic (exact) mass is 358 g/mol. The maximum absolute atomic E-state index is 12.1. The summed E-state index contributed by atoms with van der Waals surface area (Å²) in [6.45, 7) is 0.136. The molecule has 0 saturated heterocycles. The second-order valence-electron chi connectivity index (χ2n) is 5.16. The maximum Gasteiger partial charge on any atom is 0.273 e. The third-order valence-corrected chi connectivity index (χ3v) is 4.37. The lowest BCUT2D eigenvalue weighted by Gasteiger charge is -2.07. The first-order chi connectivity index (χ1) is 12.1. The van der Waals surface area contributed by atoms with Crippen LogP contribution in [0.2, 0.25) is 0 Å². The van der Waals surface area contributed by atoms with Gasteiger partial charge >= 0.3 is 0 Å². The fourth-order valence-corrected chi connectivity index (χ4v) is 3.00. The van der Waals surface area contributed by atoms with E-state index in [4.69, 9.17) is 4.52 Å². The zero-order chi connectivity index (χ0) is 17.6. The standard InChI is InChI=1S/C16H14N4O4S/c21-15(12-10-14(24-19-12)11-4-2-1-3-5-11)17-7-6-13(20(22)23)16-18-8-9-25-16/h1-5,8-10,13H,6-7H2,(H,17,21). The smallest absolute Gasteiger partial charge is 0.273 e. The number of nitrogens with zero attached hydrogens (tertiary/aromatic N) is 3. The van der Waals surface area contributed by atoms with Crippen LogP contribution in [0.5, 0.6) is 0 Å². The summed E-state index contributed by atoms with van der Waals surface area (Å²) in [5, 5.41) is 19.6. The van der Waals surface area contributed by atoms with Crippen molar-refractivity contribution >= 4 is 17.2 Å². The quantitative estimate of drug-likeness (QED) is 0.513. The average Bonchev–Trinajstić information content (AvgIpc) is 3.30. The highest BCUT2D eigenvalue weighted by Gasteiger charge is 2.25. The number of aromatic nitrogens is 2. The van der Waals surface area contributed by atoms with Crippen molar-refractivity contribution in [1.29, 1.82) is 0 Å². The Hall–Kier alpha value is -3.07. The predicted octanol–water partition coefficient (Wildman–Crippen LogP) is 2.94. The molecule has 1 atom stereocenters. The van der Waals surface area contributed by atoms with E-state index in [1.165, 1.54) is 23.6 Å². The van der Waals surface area contributed by atoms with E-state index < -0.39 is 16.9 Å². The van der Waals surface area contributed by atoms with Gasteiger partial charge in [-0.2, -0.15) is 0 Å². The number of carbonyl (C=O) groups is 1. The summed E-state index contributed by atoms with van der Waals surface area (Å²) in [6.07, 6.45) is 1.67. The maximum atomic E-state index is 12.1. The van der Waals surface area contributed by atoms with Crippen molar-refractivity contribution in [3.05, 3.63) is 68.8 Å². The van der Waals surface area contributed by atoms with Crippen LogP contribution in [0.1, 0.15) is 28.0 Å². The first-order valence-electron chi connectivity index (χ1n) is 7.48. The minimum absolute atomic E-state index is 0.130. The van der Waals surface area contributed by atoms with Crippen LogP contribution in [0.3, 0.4) is 0 Å². The Morgan fingerprint density at radius 1 is 1.36 bits per heavy atom. The molecule has 1 unspecified atom stereocenters. The average molecular weight is 358 g/mol. The molecule has 0 bridgehead atoms. The Balaban J connectivity index is 1.58. The number of nitro groups is 1. The number of amides is 1. The van der Waals surface area contributed by atoms with Crippen molar-refractivity contribution in [3.63, 3.8) is 0 Å². The largest absolute Gasteiger partial charge is 0.355 e. The molecule has 3 aromatic rings. The van der Waals surface area contributed by atoms with Gasteiger partial charge in [-0.25, -0.2) is 4.98 Å². The third-order valence-electron chi connectivity index (χ3n) is 3.50. The molecule has 3 rings (SSSR count). The number of benzene rings is 1. The number of nitrogens with one attached hydrogen (secondary N) is 1. The molecule has 0 aliphatic carbocycles. The number of carbonyl (C=O) groups excluding carboxylic acids is 1. The molecule has 128 valence electrons. The van der Waals surface area contributed by atoms with Gasteiger partial charge in [-0.1, -0.05) is 35.5 Å². The minimum atomic E-state index is -0.933. The summed E-state index contributed by atoms with van der Waals surface area (Å²) < 4.78 is 5.17. The van der Waals surface area contributed by atoms with Crippen molar-refractivity contribution in [1.82, 2.24) is 15.5 Å². The molecule has 25 heavy (non-hydrogen) atoms. The Morgan fingerprint density at radius 2 is 2.16 bits per heavy atom. The van der Waals surface area contributed by atoms with Gasteiger partial charge < -0.3 is 9.84 Å². The second kappa shape index (κ2) is 7.67. The van der Waals surface area contributed by atoms with Crippen molar-refractivity contribution in [3.8, 4) is 11.3 Å². The molecule has 1 N–H and O–H groups in total. The Bertz CT molecular complexity index is 848. The van der Waals surface area contributed by atoms with Gasteiger partial charge in [0.05, 0.1) is 0 Å². The molecule has 1 aromatic carbocycles. The summed E-state index contributed by atoms with van der Waals surface area (Å²) >= 11 is 1.22. The Morgan fingerprint density at radius 3 is 2.84 bits per heavy atom. The minimum Gasteiger partial charge on any atom is -0.355 e. The lowest BCUT2D eigenvalue weighted by atomic mass is 10.1. The number of thiazole rings is 1. The molecule has 9 heteroatoms. The zero-order valence-electron chi connectivity index (χ0n) is 13.0. The molecule has 2 aromatic heterocycles. The van der Waals surface area contributed by atoms with Crippen molar-refractivity contribution in [2.75, 3.05) is 6.54 Å².